The van der Waals surface area contributed by atoms with E-state index in [1.54, 1.807) is 0 Å². The van der Waals surface area contributed by atoms with Gasteiger partial charge in [0, 0.05) is 32.1 Å². The Morgan fingerprint density at radius 1 is 1.29 bits per heavy atom. The number of carbonyl (C=O) groups excluding carboxylic acids is 1. The molecule has 0 unspecified atom stereocenters. The molecule has 1 saturated heterocycles. The first-order valence-electron chi connectivity index (χ1n) is 8.49. The van der Waals surface area contributed by atoms with Crippen molar-refractivity contribution in [1.82, 2.24) is 10.2 Å². The molecule has 2 bridgehead atoms. The van der Waals surface area contributed by atoms with E-state index in [0.29, 0.717) is 23.3 Å². The van der Waals surface area contributed by atoms with Crippen molar-refractivity contribution < 1.29 is 9.53 Å². The number of amides is 1. The maximum absolute atomic E-state index is 12.3. The van der Waals surface area contributed by atoms with Crippen LogP contribution in [0.4, 0.5) is 0 Å². The van der Waals surface area contributed by atoms with Crippen LogP contribution in [0.3, 0.4) is 0 Å². The van der Waals surface area contributed by atoms with Crippen LogP contribution in [-0.4, -0.2) is 49.7 Å². The first-order valence-corrected chi connectivity index (χ1v) is 8.49. The fourth-order valence-electron chi connectivity index (χ4n) is 4.92. The Morgan fingerprint density at radius 3 is 2.57 bits per heavy atom. The Balaban J connectivity index is 1.46. The molecule has 2 saturated carbocycles. The maximum atomic E-state index is 12.3. The van der Waals surface area contributed by atoms with E-state index in [2.05, 4.69) is 31.0 Å². The van der Waals surface area contributed by atoms with Gasteiger partial charge in [0.05, 0.1) is 13.2 Å². The Labute approximate surface area is 128 Å². The summed E-state index contributed by atoms with van der Waals surface area (Å²) in [5.41, 5.74) is 0.784. The molecule has 1 amide bonds. The van der Waals surface area contributed by atoms with Crippen molar-refractivity contribution >= 4 is 5.91 Å². The van der Waals surface area contributed by atoms with Gasteiger partial charge in [-0.05, 0) is 36.0 Å². The van der Waals surface area contributed by atoms with E-state index >= 15 is 0 Å². The predicted octanol–water partition coefficient (Wildman–Crippen LogP) is 2.04. The van der Waals surface area contributed by atoms with Crippen molar-refractivity contribution in [2.45, 2.75) is 52.5 Å². The van der Waals surface area contributed by atoms with Crippen molar-refractivity contribution in [1.29, 1.82) is 0 Å². The highest BCUT2D eigenvalue weighted by Gasteiger charge is 2.57. The topological polar surface area (TPSA) is 41.6 Å². The molecular weight excluding hydrogens is 264 g/mol. The van der Waals surface area contributed by atoms with E-state index in [4.69, 9.17) is 4.74 Å². The van der Waals surface area contributed by atoms with E-state index in [1.807, 2.05) is 0 Å². The number of hydrogen-bond acceptors (Lipinski definition) is 3. The molecule has 0 radical (unpaired) electrons. The summed E-state index contributed by atoms with van der Waals surface area (Å²) in [6.45, 7) is 11.6. The molecule has 1 aliphatic heterocycles. The third-order valence-electron chi connectivity index (χ3n) is 6.13. The second kappa shape index (κ2) is 5.54. The molecule has 3 rings (SSSR count). The summed E-state index contributed by atoms with van der Waals surface area (Å²) in [5.74, 6) is 1.02. The molecule has 2 aliphatic carbocycles. The third-order valence-corrected chi connectivity index (χ3v) is 6.13. The Bertz CT molecular complexity index is 404. The van der Waals surface area contributed by atoms with Gasteiger partial charge in [0.1, 0.15) is 0 Å². The summed E-state index contributed by atoms with van der Waals surface area (Å²) in [4.78, 5) is 14.6. The lowest BCUT2D eigenvalue weighted by Crippen LogP contribution is -2.47. The third kappa shape index (κ3) is 3.11. The van der Waals surface area contributed by atoms with Gasteiger partial charge < -0.3 is 10.1 Å². The molecule has 4 nitrogen and oxygen atoms in total. The first-order chi connectivity index (χ1) is 9.89. The average Bonchev–Trinajstić information content (AvgIpc) is 2.86. The Kier molecular flexibility index (Phi) is 4.04. The molecule has 0 aromatic rings. The zero-order valence-corrected chi connectivity index (χ0v) is 13.8. The number of nitrogens with zero attached hydrogens (tertiary/aromatic N) is 1. The van der Waals surface area contributed by atoms with Gasteiger partial charge in [-0.25, -0.2) is 0 Å². The number of nitrogens with one attached hydrogen (secondary N) is 1. The summed E-state index contributed by atoms with van der Waals surface area (Å²) in [7, 11) is 0. The maximum Gasteiger partial charge on any atom is 0.221 e. The molecule has 0 aromatic heterocycles. The van der Waals surface area contributed by atoms with Crippen LogP contribution in [0.1, 0.15) is 46.5 Å². The van der Waals surface area contributed by atoms with Crippen molar-refractivity contribution in [3.05, 3.63) is 0 Å². The number of rotatable bonds is 4. The lowest BCUT2D eigenvalue weighted by Gasteiger charge is -2.39. The fourth-order valence-corrected chi connectivity index (χ4v) is 4.92. The van der Waals surface area contributed by atoms with E-state index in [0.717, 1.165) is 38.8 Å². The van der Waals surface area contributed by atoms with Crippen molar-refractivity contribution in [2.75, 3.05) is 32.8 Å². The summed E-state index contributed by atoms with van der Waals surface area (Å²) < 4.78 is 5.34. The molecule has 3 atom stereocenters. The van der Waals surface area contributed by atoms with Gasteiger partial charge in [-0.15, -0.1) is 0 Å². The van der Waals surface area contributed by atoms with Gasteiger partial charge >= 0.3 is 0 Å². The number of fused-ring (bicyclic) bond motifs is 2. The van der Waals surface area contributed by atoms with Crippen molar-refractivity contribution in [3.8, 4) is 0 Å². The highest BCUT2D eigenvalue weighted by molar-refractivity contribution is 5.76. The smallest absolute Gasteiger partial charge is 0.221 e. The van der Waals surface area contributed by atoms with Gasteiger partial charge in [0.15, 0.2) is 0 Å². The fraction of sp³-hybridized carbons (Fsp3) is 0.941. The first kappa shape index (κ1) is 15.3. The van der Waals surface area contributed by atoms with Crippen LogP contribution in [0.2, 0.25) is 0 Å². The zero-order chi connectivity index (χ0) is 15.1. The van der Waals surface area contributed by atoms with Crippen LogP contribution in [0, 0.1) is 16.7 Å². The molecule has 0 spiro atoms. The summed E-state index contributed by atoms with van der Waals surface area (Å²) >= 11 is 0. The predicted molar refractivity (Wildman–Crippen MR) is 83.0 cm³/mol. The minimum Gasteiger partial charge on any atom is -0.379 e. The van der Waals surface area contributed by atoms with E-state index in [-0.39, 0.29) is 5.91 Å². The van der Waals surface area contributed by atoms with Crippen molar-refractivity contribution in [2.24, 2.45) is 16.7 Å². The Morgan fingerprint density at radius 2 is 2.00 bits per heavy atom. The monoisotopic (exact) mass is 294 g/mol. The molecular formula is C17H30N2O2. The van der Waals surface area contributed by atoms with Gasteiger partial charge in [-0.1, -0.05) is 20.8 Å². The summed E-state index contributed by atoms with van der Waals surface area (Å²) in [5, 5.41) is 3.33. The number of morpholine rings is 1. The molecule has 0 aromatic carbocycles. The van der Waals surface area contributed by atoms with Crippen LogP contribution in [0.5, 0.6) is 0 Å². The van der Waals surface area contributed by atoms with Crippen LogP contribution >= 0.6 is 0 Å². The highest BCUT2D eigenvalue weighted by atomic mass is 16.5. The molecule has 21 heavy (non-hydrogen) atoms. The average molecular weight is 294 g/mol. The molecule has 1 heterocycles. The number of ether oxygens (including phenoxy) is 1. The summed E-state index contributed by atoms with van der Waals surface area (Å²) in [6, 6.07) is 0.396. The summed E-state index contributed by atoms with van der Waals surface area (Å²) in [6.07, 6.45) is 4.33. The van der Waals surface area contributed by atoms with Gasteiger partial charge in [0.25, 0.3) is 0 Å². The Hall–Kier alpha value is -0.610. The standard InChI is InChI=1S/C17H30N2O2/c1-16(2)12-17(3)11-13(16)10-14(17)18-15(20)4-5-19-6-8-21-9-7-19/h13-14H,4-12H2,1-3H3,(H,18,20)/t13-,14+,17-/m1/s1. The second-order valence-corrected chi connectivity index (χ2v) is 8.28. The normalized spacial score (nSPS) is 38.6. The molecule has 4 heteroatoms. The molecule has 3 aliphatic rings. The van der Waals surface area contributed by atoms with Gasteiger partial charge in [-0.3, -0.25) is 9.69 Å². The van der Waals surface area contributed by atoms with Crippen molar-refractivity contribution in [3.63, 3.8) is 0 Å². The van der Waals surface area contributed by atoms with Gasteiger partial charge in [-0.2, -0.15) is 0 Å². The van der Waals surface area contributed by atoms with Gasteiger partial charge in [0.2, 0.25) is 5.91 Å². The molecule has 1 N–H and O–H groups in total. The zero-order valence-electron chi connectivity index (χ0n) is 13.8. The minimum absolute atomic E-state index is 0.234. The largest absolute Gasteiger partial charge is 0.379 e. The molecule has 3 fully saturated rings. The van der Waals surface area contributed by atoms with Crippen LogP contribution in [0.15, 0.2) is 0 Å². The number of carbonyl (C=O) groups is 1. The van der Waals surface area contributed by atoms with E-state index < -0.39 is 0 Å². The van der Waals surface area contributed by atoms with Crippen LogP contribution < -0.4 is 5.32 Å². The quantitative estimate of drug-likeness (QED) is 0.863. The van der Waals surface area contributed by atoms with Crippen LogP contribution in [0.25, 0.3) is 0 Å². The SMILES string of the molecule is CC1(C)C[C@@]2(C)C[C@H]1C[C@@H]2NC(=O)CCN1CCOCC1. The highest BCUT2D eigenvalue weighted by Crippen LogP contribution is 2.62. The minimum atomic E-state index is 0.234. The van der Waals surface area contributed by atoms with E-state index in [1.165, 1.54) is 19.3 Å². The lowest BCUT2D eigenvalue weighted by molar-refractivity contribution is -0.123. The molecule has 120 valence electrons. The lowest BCUT2D eigenvalue weighted by atomic mass is 9.70. The number of hydrogen-bond donors (Lipinski definition) is 1. The van der Waals surface area contributed by atoms with E-state index in [9.17, 15) is 4.79 Å². The second-order valence-electron chi connectivity index (χ2n) is 8.28. The van der Waals surface area contributed by atoms with Crippen LogP contribution in [-0.2, 0) is 9.53 Å².